The van der Waals surface area contributed by atoms with Crippen LogP contribution < -0.4 is 0 Å². The minimum absolute atomic E-state index is 0.176. The van der Waals surface area contributed by atoms with Gasteiger partial charge >= 0.3 is 0 Å². The molecule has 2 aliphatic rings. The van der Waals surface area contributed by atoms with Gasteiger partial charge in [-0.3, -0.25) is 0 Å². The molecule has 23 heavy (non-hydrogen) atoms. The first-order valence-electron chi connectivity index (χ1n) is 8.69. The van der Waals surface area contributed by atoms with E-state index in [9.17, 15) is 8.42 Å². The number of hydrogen-bond acceptors (Lipinski definition) is 2. The first kappa shape index (κ1) is 16.5. The number of hydrogen-bond donors (Lipinski definition) is 0. The maximum Gasteiger partial charge on any atom is 0.154 e. The molecule has 0 radical (unpaired) electrons. The molecule has 0 saturated carbocycles. The van der Waals surface area contributed by atoms with Crippen molar-refractivity contribution in [2.45, 2.75) is 50.2 Å². The van der Waals surface area contributed by atoms with E-state index >= 15 is 0 Å². The zero-order chi connectivity index (χ0) is 16.3. The van der Waals surface area contributed by atoms with Crippen LogP contribution in [-0.2, 0) is 9.84 Å². The fourth-order valence-electron chi connectivity index (χ4n) is 3.93. The molecular formula is C20H26O2S. The van der Waals surface area contributed by atoms with Crippen LogP contribution in [0, 0.1) is 5.92 Å². The first-order valence-corrected chi connectivity index (χ1v) is 10.6. The normalized spacial score (nSPS) is 28.4. The second-order valence-electron chi connectivity index (χ2n) is 6.91. The van der Waals surface area contributed by atoms with Gasteiger partial charge in [-0.2, -0.15) is 0 Å². The van der Waals surface area contributed by atoms with Crippen molar-refractivity contribution in [3.8, 4) is 0 Å². The second-order valence-corrected chi connectivity index (χ2v) is 9.11. The van der Waals surface area contributed by atoms with E-state index in [4.69, 9.17) is 0 Å². The molecule has 0 amide bonds. The Bertz CT molecular complexity index is 698. The minimum atomic E-state index is -3.09. The van der Waals surface area contributed by atoms with E-state index in [1.54, 1.807) is 0 Å². The third kappa shape index (κ3) is 3.95. The number of sulfone groups is 1. The number of allylic oxidation sites excluding steroid dienone is 3. The van der Waals surface area contributed by atoms with Crippen molar-refractivity contribution >= 4 is 15.4 Å². The van der Waals surface area contributed by atoms with Crippen LogP contribution in [0.4, 0.5) is 0 Å². The topological polar surface area (TPSA) is 34.1 Å². The van der Waals surface area contributed by atoms with Crippen molar-refractivity contribution in [2.24, 2.45) is 5.92 Å². The highest BCUT2D eigenvalue weighted by Crippen LogP contribution is 2.40. The fourth-order valence-corrected chi connectivity index (χ4v) is 5.25. The Balaban J connectivity index is 2.03. The van der Waals surface area contributed by atoms with Crippen LogP contribution in [0.3, 0.4) is 0 Å². The van der Waals surface area contributed by atoms with Gasteiger partial charge in [-0.05, 0) is 36.8 Å². The molecule has 2 nitrogen and oxygen atoms in total. The maximum absolute atomic E-state index is 12.4. The van der Waals surface area contributed by atoms with E-state index in [2.05, 4.69) is 18.2 Å². The Morgan fingerprint density at radius 3 is 2.48 bits per heavy atom. The van der Waals surface area contributed by atoms with E-state index in [0.717, 1.165) is 31.2 Å². The van der Waals surface area contributed by atoms with Crippen LogP contribution in [0.5, 0.6) is 0 Å². The predicted molar refractivity (Wildman–Crippen MR) is 96.9 cm³/mol. The second kappa shape index (κ2) is 7.04. The lowest BCUT2D eigenvalue weighted by molar-refractivity contribution is 0.495. The molecule has 2 atom stereocenters. The average Bonchev–Trinajstić information content (AvgIpc) is 2.65. The summed E-state index contributed by atoms with van der Waals surface area (Å²) in [6, 6.07) is 10.2. The van der Waals surface area contributed by atoms with Crippen molar-refractivity contribution in [3.63, 3.8) is 0 Å². The standard InChI is InChI=1S/C20H26O2S/c1-23(21,22)20-15-18(16-10-7-5-8-11-16)14-17-12-6-3-2-4-9-13-19(17)20/h5,7-8,10-12,15,19-20H,2-4,6,9,13-14H2,1H3/b17-12+/t19-,20?/m1/s1. The summed E-state index contributed by atoms with van der Waals surface area (Å²) >= 11 is 0. The van der Waals surface area contributed by atoms with Gasteiger partial charge in [0.15, 0.2) is 9.84 Å². The molecule has 2 aliphatic carbocycles. The molecule has 1 aromatic rings. The zero-order valence-corrected chi connectivity index (χ0v) is 14.7. The van der Waals surface area contributed by atoms with Crippen molar-refractivity contribution in [2.75, 3.05) is 6.26 Å². The molecule has 0 fully saturated rings. The molecule has 0 aliphatic heterocycles. The lowest BCUT2D eigenvalue weighted by Crippen LogP contribution is -2.32. The monoisotopic (exact) mass is 330 g/mol. The summed E-state index contributed by atoms with van der Waals surface area (Å²) < 4.78 is 24.9. The van der Waals surface area contributed by atoms with Crippen molar-refractivity contribution in [3.05, 3.63) is 53.6 Å². The van der Waals surface area contributed by atoms with Crippen LogP contribution in [0.2, 0.25) is 0 Å². The highest BCUT2D eigenvalue weighted by atomic mass is 32.2. The molecule has 124 valence electrons. The van der Waals surface area contributed by atoms with Gasteiger partial charge in [0.1, 0.15) is 0 Å². The van der Waals surface area contributed by atoms with E-state index in [1.807, 2.05) is 24.3 Å². The number of benzene rings is 1. The quantitative estimate of drug-likeness (QED) is 0.731. The largest absolute Gasteiger partial charge is 0.228 e. The highest BCUT2D eigenvalue weighted by Gasteiger charge is 2.35. The van der Waals surface area contributed by atoms with Gasteiger partial charge in [0.05, 0.1) is 5.25 Å². The molecule has 0 heterocycles. The van der Waals surface area contributed by atoms with E-state index in [0.29, 0.717) is 0 Å². The third-order valence-corrected chi connectivity index (χ3v) is 6.60. The van der Waals surface area contributed by atoms with Crippen LogP contribution >= 0.6 is 0 Å². The molecule has 0 N–H and O–H groups in total. The lowest BCUT2D eigenvalue weighted by Gasteiger charge is -2.32. The smallest absolute Gasteiger partial charge is 0.154 e. The molecule has 0 saturated heterocycles. The summed E-state index contributed by atoms with van der Waals surface area (Å²) in [6.45, 7) is 0. The summed E-state index contributed by atoms with van der Waals surface area (Å²) in [6.07, 6.45) is 13.6. The molecule has 0 aromatic heterocycles. The Labute approximate surface area is 140 Å². The molecule has 0 spiro atoms. The molecule has 3 heteroatoms. The van der Waals surface area contributed by atoms with E-state index < -0.39 is 9.84 Å². The van der Waals surface area contributed by atoms with Gasteiger partial charge in [-0.15, -0.1) is 0 Å². The Morgan fingerprint density at radius 2 is 1.74 bits per heavy atom. The summed E-state index contributed by atoms with van der Waals surface area (Å²) in [4.78, 5) is 0. The summed E-state index contributed by atoms with van der Waals surface area (Å²) in [5, 5.41) is -0.365. The van der Waals surface area contributed by atoms with Crippen molar-refractivity contribution < 1.29 is 8.42 Å². The van der Waals surface area contributed by atoms with Crippen LogP contribution in [0.25, 0.3) is 5.57 Å². The summed E-state index contributed by atoms with van der Waals surface area (Å²) in [7, 11) is -3.09. The highest BCUT2D eigenvalue weighted by molar-refractivity contribution is 7.91. The Hall–Kier alpha value is -1.35. The van der Waals surface area contributed by atoms with Gasteiger partial charge in [-0.25, -0.2) is 8.42 Å². The SMILES string of the molecule is CS(=O)(=O)C1C=C(c2ccccc2)C/C2=C\CCCCCC[C@H]21. The first-order chi connectivity index (χ1) is 11.1. The van der Waals surface area contributed by atoms with Crippen molar-refractivity contribution in [1.29, 1.82) is 0 Å². The average molecular weight is 330 g/mol. The zero-order valence-electron chi connectivity index (χ0n) is 13.9. The van der Waals surface area contributed by atoms with Gasteiger partial charge in [-0.1, -0.05) is 67.3 Å². The van der Waals surface area contributed by atoms with Gasteiger partial charge in [0.2, 0.25) is 0 Å². The Kier molecular flexibility index (Phi) is 5.05. The van der Waals surface area contributed by atoms with E-state index in [1.165, 1.54) is 36.7 Å². The predicted octanol–water partition coefficient (Wildman–Crippen LogP) is 4.78. The minimum Gasteiger partial charge on any atom is -0.228 e. The molecule has 0 bridgehead atoms. The summed E-state index contributed by atoms with van der Waals surface area (Å²) in [5.41, 5.74) is 3.67. The molecule has 1 aromatic carbocycles. The molecule has 3 rings (SSSR count). The van der Waals surface area contributed by atoms with E-state index in [-0.39, 0.29) is 11.2 Å². The van der Waals surface area contributed by atoms with Crippen LogP contribution in [-0.4, -0.2) is 19.9 Å². The third-order valence-electron chi connectivity index (χ3n) is 5.15. The van der Waals surface area contributed by atoms with Crippen LogP contribution in [0.1, 0.15) is 50.5 Å². The molecule has 1 unspecified atom stereocenters. The summed E-state index contributed by atoms with van der Waals surface area (Å²) in [5.74, 6) is 0.176. The van der Waals surface area contributed by atoms with Gasteiger partial charge in [0, 0.05) is 12.2 Å². The Morgan fingerprint density at radius 1 is 1.00 bits per heavy atom. The maximum atomic E-state index is 12.4. The number of rotatable bonds is 2. The van der Waals surface area contributed by atoms with Gasteiger partial charge in [0.25, 0.3) is 0 Å². The molecular weight excluding hydrogens is 304 g/mol. The number of fused-ring (bicyclic) bond motifs is 1. The van der Waals surface area contributed by atoms with Crippen LogP contribution in [0.15, 0.2) is 48.1 Å². The lowest BCUT2D eigenvalue weighted by atomic mass is 9.79. The van der Waals surface area contributed by atoms with Gasteiger partial charge < -0.3 is 0 Å². The van der Waals surface area contributed by atoms with Crippen molar-refractivity contribution in [1.82, 2.24) is 0 Å². The fraction of sp³-hybridized carbons (Fsp3) is 0.500.